The van der Waals surface area contributed by atoms with Crippen molar-refractivity contribution in [2.45, 2.75) is 209 Å². The van der Waals surface area contributed by atoms with E-state index in [1.54, 1.807) is 6.07 Å². The molecular weight excluding hydrogens is 1170 g/mol. The summed E-state index contributed by atoms with van der Waals surface area (Å²) in [5.74, 6) is 0. The molecule has 0 unspecified atom stereocenters. The quantitative estimate of drug-likeness (QED) is 0.152. The largest absolute Gasteiger partial charge is 0.309 e. The van der Waals surface area contributed by atoms with Crippen LogP contribution in [-0.4, -0.2) is 4.57 Å². The lowest BCUT2D eigenvalue weighted by molar-refractivity contribution is 0.568. The first-order chi connectivity index (χ1) is 44.9. The van der Waals surface area contributed by atoms with E-state index >= 15 is 0 Å². The van der Waals surface area contributed by atoms with Crippen LogP contribution in [0.25, 0.3) is 105 Å². The molecule has 0 saturated heterocycles. The standard InChI is InChI=1S/C94H103N3/c1-87(2,3)73-42-68(43-74(52-73)88(4,5)6)64-36-62(37-65(40-64)69-44-75(89(7,8)9)53-76(45-69)90(10,11)12)60-29-31-85-82(50-60)83-51-61(30-32-86(83)97(85)84-28-26-25-27-81(84)72-34-58(56-95)33-59(35-72)57-96)63-38-66(70-46-77(91(13,14)15)54-78(47-70)92(16,17)18)41-67(39-63)71-48-79(93(19,20)21)55-80(49-71)94(22,23)24/h25-55H,1-24H3. The van der Waals surface area contributed by atoms with Gasteiger partial charge in [-0.15, -0.1) is 0 Å². The van der Waals surface area contributed by atoms with Gasteiger partial charge in [0.2, 0.25) is 0 Å². The molecule has 0 spiro atoms. The SMILES string of the molecule is CC(C)(C)c1cc(-c2cc(-c3cc(C(C)(C)C)cc(C(C)(C)C)c3)cc(-c3ccc4c(c3)c3cc(-c5cc(-c6cc(C(C)(C)C)cc(C(C)(C)C)c6)cc(-c6cc(C(C)(C)C)cc(C(C)(C)C)c6)c5)ccc3n4-c3ccccc3-c3cc(C#N)cc(C#N)c3)c2)cc(C(C)(C)C)c1. The third kappa shape index (κ3) is 14.5. The maximum absolute atomic E-state index is 10.3. The molecule has 97 heavy (non-hydrogen) atoms. The second-order valence-electron chi connectivity index (χ2n) is 36.1. The van der Waals surface area contributed by atoms with E-state index in [1.807, 2.05) is 12.1 Å². The lowest BCUT2D eigenvalue weighted by Crippen LogP contribution is -2.16. The highest BCUT2D eigenvalue weighted by atomic mass is 15.0. The maximum atomic E-state index is 10.3. The number of hydrogen-bond donors (Lipinski definition) is 0. The van der Waals surface area contributed by atoms with Gasteiger partial charge in [0.15, 0.2) is 0 Å². The van der Waals surface area contributed by atoms with Gasteiger partial charge in [-0.1, -0.05) is 269 Å². The van der Waals surface area contributed by atoms with Gasteiger partial charge in [-0.2, -0.15) is 10.5 Å². The summed E-state index contributed by atoms with van der Waals surface area (Å²) in [6.45, 7) is 55.8. The van der Waals surface area contributed by atoms with Crippen LogP contribution in [0.5, 0.6) is 0 Å². The second kappa shape index (κ2) is 24.5. The number of fused-ring (bicyclic) bond motifs is 3. The average Bonchev–Trinajstić information content (AvgIpc) is 1.61. The molecule has 0 radical (unpaired) electrons. The van der Waals surface area contributed by atoms with E-state index in [-0.39, 0.29) is 43.3 Å². The Kier molecular flexibility index (Phi) is 17.5. The van der Waals surface area contributed by atoms with Crippen LogP contribution in [0.4, 0.5) is 0 Å². The lowest BCUT2D eigenvalue weighted by Gasteiger charge is -2.27. The molecule has 0 aliphatic heterocycles. The van der Waals surface area contributed by atoms with Crippen molar-refractivity contribution in [3.63, 3.8) is 0 Å². The van der Waals surface area contributed by atoms with Crippen LogP contribution in [0.3, 0.4) is 0 Å². The summed E-state index contributed by atoms with van der Waals surface area (Å²) >= 11 is 0. The van der Waals surface area contributed by atoms with Gasteiger partial charge in [-0.25, -0.2) is 0 Å². The molecule has 0 amide bonds. The van der Waals surface area contributed by atoms with Gasteiger partial charge in [-0.3, -0.25) is 0 Å². The zero-order chi connectivity index (χ0) is 70.7. The van der Waals surface area contributed by atoms with Crippen LogP contribution in [0.2, 0.25) is 0 Å². The maximum Gasteiger partial charge on any atom is 0.0992 e. The average molecular weight is 1270 g/mol. The summed E-state index contributed by atoms with van der Waals surface area (Å²) in [5.41, 5.74) is 29.7. The molecule has 11 rings (SSSR count). The Morgan fingerprint density at radius 2 is 0.464 bits per heavy atom. The first kappa shape index (κ1) is 69.3. The van der Waals surface area contributed by atoms with E-state index in [4.69, 9.17) is 0 Å². The molecule has 0 aliphatic rings. The van der Waals surface area contributed by atoms with Gasteiger partial charge in [-0.05, 0) is 245 Å². The number of hydrogen-bond acceptors (Lipinski definition) is 2. The van der Waals surface area contributed by atoms with Crippen LogP contribution in [0, 0.1) is 22.7 Å². The van der Waals surface area contributed by atoms with Crippen molar-refractivity contribution in [3.8, 4) is 95.7 Å². The minimum absolute atomic E-state index is 0.0739. The van der Waals surface area contributed by atoms with Crippen molar-refractivity contribution in [1.29, 1.82) is 10.5 Å². The van der Waals surface area contributed by atoms with Gasteiger partial charge in [0, 0.05) is 16.3 Å². The third-order valence-corrected chi connectivity index (χ3v) is 19.9. The molecular formula is C94H103N3. The number of rotatable bonds is 8. The second-order valence-corrected chi connectivity index (χ2v) is 36.1. The fraction of sp³-hybridized carbons (Fsp3) is 0.340. The van der Waals surface area contributed by atoms with Crippen LogP contribution in [0.15, 0.2) is 188 Å². The molecule has 0 N–H and O–H groups in total. The highest BCUT2D eigenvalue weighted by Gasteiger charge is 2.28. The van der Waals surface area contributed by atoms with Crippen LogP contribution in [-0.2, 0) is 43.3 Å². The molecule has 0 saturated carbocycles. The molecule has 0 fully saturated rings. The Morgan fingerprint density at radius 1 is 0.227 bits per heavy atom. The van der Waals surface area contributed by atoms with Crippen molar-refractivity contribution >= 4 is 21.8 Å². The van der Waals surface area contributed by atoms with Gasteiger partial charge in [0.1, 0.15) is 0 Å². The summed E-state index contributed by atoms with van der Waals surface area (Å²) < 4.78 is 2.40. The van der Waals surface area contributed by atoms with E-state index in [2.05, 4.69) is 353 Å². The smallest absolute Gasteiger partial charge is 0.0992 e. The summed E-state index contributed by atoms with van der Waals surface area (Å²) in [5, 5.41) is 22.9. The van der Waals surface area contributed by atoms with Crippen LogP contribution in [0.1, 0.15) is 222 Å². The molecule has 0 aliphatic carbocycles. The number of aromatic nitrogens is 1. The highest BCUT2D eigenvalue weighted by Crippen LogP contribution is 2.46. The molecule has 494 valence electrons. The van der Waals surface area contributed by atoms with Crippen molar-refractivity contribution in [1.82, 2.24) is 4.57 Å². The zero-order valence-corrected chi connectivity index (χ0v) is 62.7. The zero-order valence-electron chi connectivity index (χ0n) is 62.7. The summed E-state index contributed by atoms with van der Waals surface area (Å²) in [6, 6.07) is 76.5. The normalized spacial score (nSPS) is 12.9. The predicted molar refractivity (Wildman–Crippen MR) is 418 cm³/mol. The minimum Gasteiger partial charge on any atom is -0.309 e. The summed E-state index contributed by atoms with van der Waals surface area (Å²) in [4.78, 5) is 0. The van der Waals surface area contributed by atoms with Crippen LogP contribution < -0.4 is 0 Å². The fourth-order valence-corrected chi connectivity index (χ4v) is 13.4. The lowest BCUT2D eigenvalue weighted by atomic mass is 9.77. The summed E-state index contributed by atoms with van der Waals surface area (Å²) in [7, 11) is 0. The van der Waals surface area contributed by atoms with Crippen molar-refractivity contribution in [2.24, 2.45) is 0 Å². The minimum atomic E-state index is -0.0739. The summed E-state index contributed by atoms with van der Waals surface area (Å²) in [6.07, 6.45) is 0. The van der Waals surface area contributed by atoms with E-state index in [1.165, 1.54) is 89.0 Å². The molecule has 1 heterocycles. The first-order valence-corrected chi connectivity index (χ1v) is 35.0. The topological polar surface area (TPSA) is 52.5 Å². The van der Waals surface area contributed by atoms with Crippen LogP contribution >= 0.6 is 0 Å². The Morgan fingerprint density at radius 3 is 0.711 bits per heavy atom. The van der Waals surface area contributed by atoms with E-state index in [9.17, 15) is 10.5 Å². The highest BCUT2D eigenvalue weighted by molar-refractivity contribution is 6.12. The number of para-hydroxylation sites is 1. The van der Waals surface area contributed by atoms with Crippen molar-refractivity contribution in [2.75, 3.05) is 0 Å². The van der Waals surface area contributed by atoms with E-state index < -0.39 is 0 Å². The molecule has 1 aromatic heterocycles. The number of benzene rings is 10. The monoisotopic (exact) mass is 1270 g/mol. The molecule has 3 nitrogen and oxygen atoms in total. The van der Waals surface area contributed by atoms with Gasteiger partial charge in [0.25, 0.3) is 0 Å². The number of nitrogens with zero attached hydrogens (tertiary/aromatic N) is 3. The Hall–Kier alpha value is -9.02. The van der Waals surface area contributed by atoms with Gasteiger partial charge < -0.3 is 4.57 Å². The molecule has 11 aromatic rings. The fourth-order valence-electron chi connectivity index (χ4n) is 13.4. The Balaban J connectivity index is 1.24. The first-order valence-electron chi connectivity index (χ1n) is 35.0. The van der Waals surface area contributed by atoms with Gasteiger partial charge >= 0.3 is 0 Å². The molecule has 0 atom stereocenters. The van der Waals surface area contributed by atoms with Gasteiger partial charge in [0.05, 0.1) is 40.0 Å². The van der Waals surface area contributed by atoms with E-state index in [0.717, 1.165) is 60.9 Å². The Bertz CT molecular complexity index is 4390. The van der Waals surface area contributed by atoms with Crippen molar-refractivity contribution in [3.05, 3.63) is 244 Å². The third-order valence-electron chi connectivity index (χ3n) is 19.9. The number of nitriles is 2. The Labute approximate surface area is 582 Å². The van der Waals surface area contributed by atoms with E-state index in [0.29, 0.717) is 11.1 Å². The predicted octanol–water partition coefficient (Wildman–Crippen LogP) is 26.6. The molecule has 0 bridgehead atoms. The van der Waals surface area contributed by atoms with Crippen molar-refractivity contribution < 1.29 is 0 Å². The molecule has 3 heteroatoms. The molecule has 10 aromatic carbocycles.